The van der Waals surface area contributed by atoms with Crippen molar-refractivity contribution in [2.45, 2.75) is 19.4 Å². The van der Waals surface area contributed by atoms with Gasteiger partial charge in [0.25, 0.3) is 0 Å². The molecule has 0 aliphatic carbocycles. The molecule has 0 radical (unpaired) electrons. The first kappa shape index (κ1) is 17.8. The number of hydrogen-bond acceptors (Lipinski definition) is 5. The number of aliphatic carboxylic acids is 2. The summed E-state index contributed by atoms with van der Waals surface area (Å²) in [6.07, 6.45) is 2.65. The molecule has 1 aromatic carbocycles. The first-order valence-electron chi connectivity index (χ1n) is 6.87. The highest BCUT2D eigenvalue weighted by Gasteiger charge is 2.13. The van der Waals surface area contributed by atoms with E-state index in [2.05, 4.69) is 17.0 Å². The van der Waals surface area contributed by atoms with Crippen LogP contribution in [-0.4, -0.2) is 54.4 Å². The molecule has 7 nitrogen and oxygen atoms in total. The number of hydrogen-bond donors (Lipinski definition) is 2. The fourth-order valence-electron chi connectivity index (χ4n) is 2.18. The summed E-state index contributed by atoms with van der Waals surface area (Å²) in [6.45, 7) is 3.45. The van der Waals surface area contributed by atoms with Gasteiger partial charge in [0.05, 0.1) is 14.2 Å². The van der Waals surface area contributed by atoms with Gasteiger partial charge in [0, 0.05) is 6.54 Å². The van der Waals surface area contributed by atoms with Crippen LogP contribution in [0.15, 0.2) is 18.2 Å². The van der Waals surface area contributed by atoms with Crippen LogP contribution in [0, 0.1) is 0 Å². The molecule has 1 aliphatic heterocycles. The molecule has 2 N–H and O–H groups in total. The molecule has 0 atom stereocenters. The fraction of sp³-hybridized carbons (Fsp3) is 0.467. The molecule has 122 valence electrons. The van der Waals surface area contributed by atoms with Crippen molar-refractivity contribution in [3.05, 3.63) is 23.8 Å². The Morgan fingerprint density at radius 1 is 1.05 bits per heavy atom. The van der Waals surface area contributed by atoms with Crippen molar-refractivity contribution < 1.29 is 29.3 Å². The van der Waals surface area contributed by atoms with Crippen molar-refractivity contribution in [3.63, 3.8) is 0 Å². The Hall–Kier alpha value is -2.28. The number of likely N-dealkylation sites (tertiary alicyclic amines) is 1. The lowest BCUT2D eigenvalue weighted by atomic mass is 10.2. The summed E-state index contributed by atoms with van der Waals surface area (Å²) < 4.78 is 10.5. The van der Waals surface area contributed by atoms with E-state index in [1.165, 1.54) is 31.5 Å². The van der Waals surface area contributed by atoms with Gasteiger partial charge in [0.1, 0.15) is 0 Å². The Morgan fingerprint density at radius 3 is 2.05 bits per heavy atom. The molecular formula is C15H21NO6. The second-order valence-corrected chi connectivity index (χ2v) is 4.78. The summed E-state index contributed by atoms with van der Waals surface area (Å²) in [6, 6.07) is 6.15. The van der Waals surface area contributed by atoms with E-state index in [1.54, 1.807) is 14.2 Å². The Labute approximate surface area is 129 Å². The molecule has 2 rings (SSSR count). The predicted molar refractivity (Wildman–Crippen MR) is 79.3 cm³/mol. The molecule has 0 bridgehead atoms. The normalized spacial score (nSPS) is 13.9. The molecule has 1 fully saturated rings. The van der Waals surface area contributed by atoms with Crippen molar-refractivity contribution in [2.24, 2.45) is 0 Å². The summed E-state index contributed by atoms with van der Waals surface area (Å²) in [7, 11) is 3.34. The molecular weight excluding hydrogens is 290 g/mol. The minimum Gasteiger partial charge on any atom is -0.493 e. The average molecular weight is 311 g/mol. The Kier molecular flexibility index (Phi) is 7.18. The van der Waals surface area contributed by atoms with Crippen LogP contribution in [-0.2, 0) is 16.1 Å². The van der Waals surface area contributed by atoms with E-state index in [1.807, 2.05) is 6.07 Å². The lowest BCUT2D eigenvalue weighted by molar-refractivity contribution is -0.159. The van der Waals surface area contributed by atoms with Crippen molar-refractivity contribution in [2.75, 3.05) is 27.3 Å². The third-order valence-corrected chi connectivity index (χ3v) is 3.24. The number of carboxylic acid groups (broad SMARTS) is 2. The van der Waals surface area contributed by atoms with Crippen LogP contribution in [0.2, 0.25) is 0 Å². The Bertz CT molecular complexity index is 499. The van der Waals surface area contributed by atoms with E-state index >= 15 is 0 Å². The van der Waals surface area contributed by atoms with Gasteiger partial charge in [-0.3, -0.25) is 4.90 Å². The molecule has 7 heteroatoms. The van der Waals surface area contributed by atoms with Crippen molar-refractivity contribution >= 4 is 11.9 Å². The number of nitrogens with zero attached hydrogens (tertiary/aromatic N) is 1. The zero-order valence-electron chi connectivity index (χ0n) is 12.7. The van der Waals surface area contributed by atoms with E-state index in [4.69, 9.17) is 29.3 Å². The molecule has 1 aliphatic rings. The van der Waals surface area contributed by atoms with E-state index in [0.717, 1.165) is 18.0 Å². The number of carbonyl (C=O) groups is 2. The molecule has 0 unspecified atom stereocenters. The molecule has 22 heavy (non-hydrogen) atoms. The number of methoxy groups -OCH3 is 2. The van der Waals surface area contributed by atoms with Crippen LogP contribution in [0.5, 0.6) is 11.5 Å². The summed E-state index contributed by atoms with van der Waals surface area (Å²) in [5.41, 5.74) is 1.29. The maximum absolute atomic E-state index is 9.10. The van der Waals surface area contributed by atoms with Gasteiger partial charge in [0.2, 0.25) is 0 Å². The van der Waals surface area contributed by atoms with Gasteiger partial charge >= 0.3 is 11.9 Å². The Morgan fingerprint density at radius 2 is 1.59 bits per heavy atom. The first-order valence-corrected chi connectivity index (χ1v) is 6.87. The molecule has 0 spiro atoms. The van der Waals surface area contributed by atoms with Gasteiger partial charge in [-0.05, 0) is 43.6 Å². The monoisotopic (exact) mass is 311 g/mol. The van der Waals surface area contributed by atoms with Crippen molar-refractivity contribution in [1.29, 1.82) is 0 Å². The lowest BCUT2D eigenvalue weighted by Crippen LogP contribution is -2.18. The minimum atomic E-state index is -1.82. The zero-order chi connectivity index (χ0) is 16.5. The summed E-state index contributed by atoms with van der Waals surface area (Å²) in [4.78, 5) is 20.7. The molecule has 0 amide bonds. The number of rotatable bonds is 4. The standard InChI is InChI=1S/C13H19NO2.C2H2O4/c1-15-12-6-5-11(9-13(12)16-2)10-14-7-3-4-8-14;3-1(4)2(5)6/h5-6,9H,3-4,7-8,10H2,1-2H3;(H,3,4)(H,5,6). The highest BCUT2D eigenvalue weighted by molar-refractivity contribution is 6.27. The molecule has 1 heterocycles. The van der Waals surface area contributed by atoms with Gasteiger partial charge in [-0.2, -0.15) is 0 Å². The van der Waals surface area contributed by atoms with E-state index < -0.39 is 11.9 Å². The summed E-state index contributed by atoms with van der Waals surface area (Å²) in [5, 5.41) is 14.8. The zero-order valence-corrected chi connectivity index (χ0v) is 12.7. The highest BCUT2D eigenvalue weighted by atomic mass is 16.5. The largest absolute Gasteiger partial charge is 0.493 e. The second kappa shape index (κ2) is 8.89. The molecule has 1 aromatic rings. The first-order chi connectivity index (χ1) is 10.5. The van der Waals surface area contributed by atoms with Crippen LogP contribution in [0.4, 0.5) is 0 Å². The number of ether oxygens (including phenoxy) is 2. The number of benzene rings is 1. The topological polar surface area (TPSA) is 96.3 Å². The smallest absolute Gasteiger partial charge is 0.414 e. The van der Waals surface area contributed by atoms with Gasteiger partial charge in [-0.15, -0.1) is 0 Å². The molecule has 1 saturated heterocycles. The summed E-state index contributed by atoms with van der Waals surface area (Å²) >= 11 is 0. The maximum atomic E-state index is 9.10. The minimum absolute atomic E-state index is 0.799. The number of carboxylic acids is 2. The molecule has 0 saturated carbocycles. The second-order valence-electron chi connectivity index (χ2n) is 4.78. The predicted octanol–water partition coefficient (Wildman–Crippen LogP) is 1.46. The maximum Gasteiger partial charge on any atom is 0.414 e. The van der Waals surface area contributed by atoms with E-state index in [0.29, 0.717) is 0 Å². The quantitative estimate of drug-likeness (QED) is 0.812. The lowest BCUT2D eigenvalue weighted by Gasteiger charge is -2.16. The van der Waals surface area contributed by atoms with Gasteiger partial charge in [-0.25, -0.2) is 9.59 Å². The fourth-order valence-corrected chi connectivity index (χ4v) is 2.18. The van der Waals surface area contributed by atoms with Crippen LogP contribution in [0.3, 0.4) is 0 Å². The van der Waals surface area contributed by atoms with Gasteiger partial charge < -0.3 is 19.7 Å². The van der Waals surface area contributed by atoms with Gasteiger partial charge in [-0.1, -0.05) is 6.07 Å². The van der Waals surface area contributed by atoms with E-state index in [-0.39, 0.29) is 0 Å². The van der Waals surface area contributed by atoms with Gasteiger partial charge in [0.15, 0.2) is 11.5 Å². The van der Waals surface area contributed by atoms with Crippen molar-refractivity contribution in [3.8, 4) is 11.5 Å². The van der Waals surface area contributed by atoms with Crippen molar-refractivity contribution in [1.82, 2.24) is 4.90 Å². The highest BCUT2D eigenvalue weighted by Crippen LogP contribution is 2.28. The molecule has 0 aromatic heterocycles. The van der Waals surface area contributed by atoms with Crippen LogP contribution in [0.25, 0.3) is 0 Å². The average Bonchev–Trinajstić information content (AvgIpc) is 3.00. The van der Waals surface area contributed by atoms with E-state index in [9.17, 15) is 0 Å². The third-order valence-electron chi connectivity index (χ3n) is 3.24. The van der Waals surface area contributed by atoms with Crippen LogP contribution in [0.1, 0.15) is 18.4 Å². The van der Waals surface area contributed by atoms with Crippen LogP contribution >= 0.6 is 0 Å². The Balaban J connectivity index is 0.000000346. The third kappa shape index (κ3) is 5.61. The van der Waals surface area contributed by atoms with Crippen LogP contribution < -0.4 is 9.47 Å². The summed E-state index contributed by atoms with van der Waals surface area (Å²) in [5.74, 6) is -2.03. The SMILES string of the molecule is COc1ccc(CN2CCCC2)cc1OC.O=C(O)C(=O)O.